The molecule has 8 nitrogen and oxygen atoms in total. The lowest BCUT2D eigenvalue weighted by Crippen LogP contribution is -2.14. The fourth-order valence-corrected chi connectivity index (χ4v) is 4.66. The molecular weight excluding hydrogens is 448 g/mol. The molecule has 1 heterocycles. The van der Waals surface area contributed by atoms with Gasteiger partial charge in [-0.2, -0.15) is 0 Å². The van der Waals surface area contributed by atoms with E-state index in [0.29, 0.717) is 32.4 Å². The second-order valence-electron chi connectivity index (χ2n) is 6.71. The third-order valence-corrected chi connectivity index (χ3v) is 6.63. The summed E-state index contributed by atoms with van der Waals surface area (Å²) in [6.07, 6.45) is 0.922. The Bertz CT molecular complexity index is 1060. The van der Waals surface area contributed by atoms with Crippen LogP contribution < -0.4 is 24.8 Å². The third-order valence-electron chi connectivity index (χ3n) is 4.65. The smallest absolute Gasteiger partial charge is 0.234 e. The van der Waals surface area contributed by atoms with Crippen LogP contribution >= 0.6 is 23.1 Å². The number of methoxy groups -OCH3 is 3. The highest BCUT2D eigenvalue weighted by atomic mass is 32.2. The van der Waals surface area contributed by atoms with Crippen molar-refractivity contribution in [2.24, 2.45) is 0 Å². The molecule has 0 fully saturated rings. The molecule has 0 radical (unpaired) electrons. The lowest BCUT2D eigenvalue weighted by molar-refractivity contribution is -0.113. The quantitative estimate of drug-likeness (QED) is 0.400. The van der Waals surface area contributed by atoms with Gasteiger partial charge in [-0.25, -0.2) is 0 Å². The Kier molecular flexibility index (Phi) is 8.18. The predicted molar refractivity (Wildman–Crippen MR) is 129 cm³/mol. The number of anilines is 3. The average molecular weight is 475 g/mol. The number of nitrogens with one attached hydrogen (secondary N) is 2. The van der Waals surface area contributed by atoms with Gasteiger partial charge in [0.25, 0.3) is 0 Å². The monoisotopic (exact) mass is 474 g/mol. The maximum atomic E-state index is 12.5. The number of aryl methyl sites for hydroxylation is 2. The van der Waals surface area contributed by atoms with Crippen LogP contribution in [0.25, 0.3) is 0 Å². The fourth-order valence-electron chi connectivity index (χ4n) is 3.11. The van der Waals surface area contributed by atoms with Gasteiger partial charge in [0.15, 0.2) is 15.8 Å². The molecule has 170 valence electrons. The maximum Gasteiger partial charge on any atom is 0.234 e. The topological polar surface area (TPSA) is 94.6 Å². The molecule has 2 N–H and O–H groups in total. The van der Waals surface area contributed by atoms with Crippen LogP contribution in [0.3, 0.4) is 0 Å². The number of thioether (sulfide) groups is 1. The molecule has 0 saturated heterocycles. The first kappa shape index (κ1) is 23.7. The highest BCUT2D eigenvalue weighted by molar-refractivity contribution is 8.01. The van der Waals surface area contributed by atoms with E-state index < -0.39 is 0 Å². The molecule has 1 aromatic heterocycles. The van der Waals surface area contributed by atoms with E-state index >= 15 is 0 Å². The Labute approximate surface area is 195 Å². The number of ether oxygens (including phenoxy) is 3. The van der Waals surface area contributed by atoms with Gasteiger partial charge in [0.05, 0.1) is 27.1 Å². The Morgan fingerprint density at radius 2 is 1.81 bits per heavy atom. The number of hydrogen-bond donors (Lipinski definition) is 2. The second-order valence-corrected chi connectivity index (χ2v) is 8.91. The van der Waals surface area contributed by atoms with Crippen molar-refractivity contribution in [1.29, 1.82) is 0 Å². The van der Waals surface area contributed by atoms with Gasteiger partial charge in [0.2, 0.25) is 16.8 Å². The van der Waals surface area contributed by atoms with Crippen molar-refractivity contribution in [2.45, 2.75) is 24.6 Å². The zero-order valence-corrected chi connectivity index (χ0v) is 20.3. The largest absolute Gasteiger partial charge is 0.493 e. The number of amides is 1. The molecular formula is C22H26N4O4S2. The molecule has 32 heavy (non-hydrogen) atoms. The van der Waals surface area contributed by atoms with Gasteiger partial charge in [-0.1, -0.05) is 48.2 Å². The minimum absolute atomic E-state index is 0.179. The summed E-state index contributed by atoms with van der Waals surface area (Å²) < 4.78 is 16.7. The lowest BCUT2D eigenvalue weighted by atomic mass is 10.1. The summed E-state index contributed by atoms with van der Waals surface area (Å²) in [5, 5.41) is 15.3. The van der Waals surface area contributed by atoms with Gasteiger partial charge in [-0.15, -0.1) is 10.2 Å². The van der Waals surface area contributed by atoms with Gasteiger partial charge in [0, 0.05) is 23.5 Å². The van der Waals surface area contributed by atoms with E-state index in [4.69, 9.17) is 14.2 Å². The molecule has 1 amide bonds. The molecule has 3 rings (SSSR count). The Morgan fingerprint density at radius 3 is 2.44 bits per heavy atom. The van der Waals surface area contributed by atoms with E-state index in [0.717, 1.165) is 17.7 Å². The van der Waals surface area contributed by atoms with Crippen LogP contribution in [0.5, 0.6) is 17.2 Å². The molecule has 2 aromatic carbocycles. The van der Waals surface area contributed by atoms with Crippen molar-refractivity contribution < 1.29 is 19.0 Å². The van der Waals surface area contributed by atoms with Crippen LogP contribution in [0.2, 0.25) is 0 Å². The first-order valence-electron chi connectivity index (χ1n) is 9.90. The first-order chi connectivity index (χ1) is 15.5. The van der Waals surface area contributed by atoms with Crippen molar-refractivity contribution >= 4 is 45.5 Å². The van der Waals surface area contributed by atoms with Gasteiger partial charge in [0.1, 0.15) is 0 Å². The summed E-state index contributed by atoms with van der Waals surface area (Å²) in [7, 11) is 4.59. The van der Waals surface area contributed by atoms with Crippen LogP contribution in [-0.2, 0) is 11.2 Å². The summed E-state index contributed by atoms with van der Waals surface area (Å²) in [6.45, 7) is 4.18. The minimum Gasteiger partial charge on any atom is -0.493 e. The van der Waals surface area contributed by atoms with E-state index in [-0.39, 0.29) is 11.7 Å². The molecule has 0 aliphatic heterocycles. The number of benzene rings is 2. The van der Waals surface area contributed by atoms with Crippen molar-refractivity contribution in [1.82, 2.24) is 10.2 Å². The molecule has 10 heteroatoms. The summed E-state index contributed by atoms with van der Waals surface area (Å²) in [5.41, 5.74) is 3.98. The summed E-state index contributed by atoms with van der Waals surface area (Å²) in [4.78, 5) is 12.5. The molecule has 0 saturated carbocycles. The average Bonchev–Trinajstić information content (AvgIpc) is 3.25. The zero-order chi connectivity index (χ0) is 23.1. The first-order valence-corrected chi connectivity index (χ1v) is 11.7. The lowest BCUT2D eigenvalue weighted by Gasteiger charge is -2.14. The van der Waals surface area contributed by atoms with Crippen molar-refractivity contribution in [3.63, 3.8) is 0 Å². The Balaban J connectivity index is 1.61. The van der Waals surface area contributed by atoms with E-state index in [9.17, 15) is 4.79 Å². The number of rotatable bonds is 10. The molecule has 0 aliphatic rings. The number of para-hydroxylation sites is 1. The number of carbonyl (C=O) groups excluding carboxylic acids is 1. The molecule has 0 bridgehead atoms. The minimum atomic E-state index is -0.179. The zero-order valence-electron chi connectivity index (χ0n) is 18.6. The molecule has 0 spiro atoms. The molecule has 0 atom stereocenters. The summed E-state index contributed by atoms with van der Waals surface area (Å²) in [6, 6.07) is 9.58. The van der Waals surface area contributed by atoms with Crippen LogP contribution in [0.4, 0.5) is 16.5 Å². The number of nitrogens with zero attached hydrogens (tertiary/aromatic N) is 2. The van der Waals surface area contributed by atoms with Crippen LogP contribution in [0, 0.1) is 6.92 Å². The second kappa shape index (κ2) is 11.1. The standard InChI is InChI=1S/C22H26N4O4S2/c1-6-14-9-7-8-13(2)19(14)24-21-25-26-22(32-21)31-12-18(27)23-15-10-16(28-3)20(30-5)17(11-15)29-4/h7-11H,6,12H2,1-5H3,(H,23,27)(H,24,25). The van der Waals surface area contributed by atoms with Crippen LogP contribution in [0.15, 0.2) is 34.7 Å². The van der Waals surface area contributed by atoms with E-state index in [1.807, 2.05) is 6.07 Å². The SMILES string of the molecule is CCc1cccc(C)c1Nc1nnc(SCC(=O)Nc2cc(OC)c(OC)c(OC)c2)s1. The van der Waals surface area contributed by atoms with Crippen molar-refractivity contribution in [2.75, 3.05) is 37.7 Å². The van der Waals surface area contributed by atoms with Gasteiger partial charge in [-0.05, 0) is 24.5 Å². The molecule has 0 unspecified atom stereocenters. The van der Waals surface area contributed by atoms with Gasteiger partial charge >= 0.3 is 0 Å². The Morgan fingerprint density at radius 1 is 1.09 bits per heavy atom. The van der Waals surface area contributed by atoms with E-state index in [2.05, 4.69) is 46.8 Å². The summed E-state index contributed by atoms with van der Waals surface area (Å²) >= 11 is 2.74. The molecule has 0 aliphatic carbocycles. The number of aromatic nitrogens is 2. The van der Waals surface area contributed by atoms with Gasteiger partial charge < -0.3 is 24.8 Å². The summed E-state index contributed by atoms with van der Waals surface area (Å²) in [5.74, 6) is 1.42. The number of carbonyl (C=O) groups is 1. The highest BCUT2D eigenvalue weighted by Crippen LogP contribution is 2.40. The molecule has 3 aromatic rings. The highest BCUT2D eigenvalue weighted by Gasteiger charge is 2.15. The maximum absolute atomic E-state index is 12.5. The normalized spacial score (nSPS) is 10.5. The Hall–Kier alpha value is -2.98. The van der Waals surface area contributed by atoms with Gasteiger partial charge in [-0.3, -0.25) is 4.79 Å². The van der Waals surface area contributed by atoms with Crippen molar-refractivity contribution in [3.05, 3.63) is 41.5 Å². The third kappa shape index (κ3) is 5.63. The van der Waals surface area contributed by atoms with Crippen LogP contribution in [0.1, 0.15) is 18.1 Å². The number of hydrogen-bond acceptors (Lipinski definition) is 9. The van der Waals surface area contributed by atoms with E-state index in [1.54, 1.807) is 12.1 Å². The van der Waals surface area contributed by atoms with Crippen molar-refractivity contribution in [3.8, 4) is 17.2 Å². The van der Waals surface area contributed by atoms with Crippen LogP contribution in [-0.4, -0.2) is 43.2 Å². The van der Waals surface area contributed by atoms with E-state index in [1.165, 1.54) is 50.0 Å². The fraction of sp³-hybridized carbons (Fsp3) is 0.318. The predicted octanol–water partition coefficient (Wildman–Crippen LogP) is 4.91.